The SMILES string of the molecule is CCC(=O)SCCOCC(C)(C)OP(N(C(C)C)C(C)C)N(C(C)C)C(C)C. The van der Waals surface area contributed by atoms with Crippen LogP contribution in [0, 0.1) is 0 Å². The highest BCUT2D eigenvalue weighted by molar-refractivity contribution is 8.13. The first kappa shape index (κ1) is 28.3. The number of nitrogens with zero attached hydrogens (tertiary/aromatic N) is 2. The Morgan fingerprint density at radius 2 is 1.36 bits per heavy atom. The van der Waals surface area contributed by atoms with E-state index >= 15 is 0 Å². The molecule has 0 heterocycles. The molecule has 7 heteroatoms. The molecule has 0 unspecified atom stereocenters. The molecule has 0 saturated carbocycles. The van der Waals surface area contributed by atoms with Gasteiger partial charge in [-0.25, -0.2) is 9.34 Å². The first-order valence-electron chi connectivity index (χ1n) is 10.6. The third-order valence-corrected chi connectivity index (χ3v) is 8.35. The van der Waals surface area contributed by atoms with E-state index in [2.05, 4.69) is 78.6 Å². The predicted molar refractivity (Wildman–Crippen MR) is 125 cm³/mol. The number of hydrogen-bond donors (Lipinski definition) is 0. The summed E-state index contributed by atoms with van der Waals surface area (Å²) < 4.78 is 17.6. The maximum Gasteiger partial charge on any atom is 0.189 e. The number of hydrogen-bond acceptors (Lipinski definition) is 6. The van der Waals surface area contributed by atoms with Gasteiger partial charge in [0, 0.05) is 36.3 Å². The Morgan fingerprint density at radius 1 is 0.929 bits per heavy atom. The molecule has 0 saturated heterocycles. The fourth-order valence-corrected chi connectivity index (χ4v) is 6.21. The highest BCUT2D eigenvalue weighted by Gasteiger charge is 2.38. The normalized spacial score (nSPS) is 13.4. The van der Waals surface area contributed by atoms with Crippen LogP contribution in [0.2, 0.25) is 0 Å². The summed E-state index contributed by atoms with van der Waals surface area (Å²) in [7, 11) is -0.943. The summed E-state index contributed by atoms with van der Waals surface area (Å²) >= 11 is 1.35. The topological polar surface area (TPSA) is 42.0 Å². The van der Waals surface area contributed by atoms with E-state index in [4.69, 9.17) is 9.26 Å². The van der Waals surface area contributed by atoms with Crippen LogP contribution in [0.1, 0.15) is 82.6 Å². The van der Waals surface area contributed by atoms with Crippen molar-refractivity contribution in [1.82, 2.24) is 9.34 Å². The second-order valence-corrected chi connectivity index (χ2v) is 11.6. The molecular weight excluding hydrogens is 391 g/mol. The van der Waals surface area contributed by atoms with Crippen molar-refractivity contribution in [3.8, 4) is 0 Å². The molecule has 0 aliphatic carbocycles. The smallest absolute Gasteiger partial charge is 0.189 e. The quantitative estimate of drug-likeness (QED) is 0.248. The van der Waals surface area contributed by atoms with Crippen molar-refractivity contribution < 1.29 is 14.1 Å². The van der Waals surface area contributed by atoms with Crippen LogP contribution in [0.4, 0.5) is 0 Å². The highest BCUT2D eigenvalue weighted by Crippen LogP contribution is 2.53. The third kappa shape index (κ3) is 10.4. The number of ether oxygens (including phenoxy) is 1. The lowest BCUT2D eigenvalue weighted by atomic mass is 10.2. The minimum atomic E-state index is -0.943. The number of rotatable bonds is 14. The van der Waals surface area contributed by atoms with E-state index in [1.807, 2.05) is 6.92 Å². The first-order chi connectivity index (χ1) is 12.8. The summed E-state index contributed by atoms with van der Waals surface area (Å²) in [5.74, 6) is 0.700. The Morgan fingerprint density at radius 3 is 1.71 bits per heavy atom. The largest absolute Gasteiger partial charge is 0.378 e. The Labute approximate surface area is 180 Å². The van der Waals surface area contributed by atoms with Crippen LogP contribution in [0.15, 0.2) is 0 Å². The molecule has 5 nitrogen and oxygen atoms in total. The Bertz CT molecular complexity index is 409. The van der Waals surface area contributed by atoms with E-state index in [9.17, 15) is 4.79 Å². The van der Waals surface area contributed by atoms with Gasteiger partial charge in [0.2, 0.25) is 0 Å². The summed E-state index contributed by atoms with van der Waals surface area (Å²) in [6.07, 6.45) is 0.573. The van der Waals surface area contributed by atoms with Crippen LogP contribution in [-0.2, 0) is 14.1 Å². The van der Waals surface area contributed by atoms with Crippen LogP contribution in [-0.4, -0.2) is 63.2 Å². The van der Waals surface area contributed by atoms with Gasteiger partial charge in [-0.3, -0.25) is 4.79 Å². The van der Waals surface area contributed by atoms with Crippen LogP contribution < -0.4 is 0 Å². The Hall–Kier alpha value is 0.290. The lowest BCUT2D eigenvalue weighted by molar-refractivity contribution is -0.110. The van der Waals surface area contributed by atoms with Crippen molar-refractivity contribution in [2.75, 3.05) is 19.0 Å². The number of carbonyl (C=O) groups excluding carboxylic acids is 1. The molecule has 0 aromatic carbocycles. The van der Waals surface area contributed by atoms with E-state index in [0.29, 0.717) is 49.6 Å². The predicted octanol–water partition coefficient (Wildman–Crippen LogP) is 5.93. The van der Waals surface area contributed by atoms with Gasteiger partial charge in [-0.2, -0.15) is 0 Å². The average molecular weight is 437 g/mol. The molecule has 0 fully saturated rings. The van der Waals surface area contributed by atoms with Crippen molar-refractivity contribution in [3.63, 3.8) is 0 Å². The minimum absolute atomic E-state index is 0.219. The van der Waals surface area contributed by atoms with Crippen molar-refractivity contribution in [2.45, 2.75) is 112 Å². The number of thioether (sulfide) groups is 1. The molecule has 0 aromatic rings. The maximum atomic E-state index is 11.4. The number of carbonyl (C=O) groups is 1. The molecule has 0 atom stereocenters. The summed E-state index contributed by atoms with van der Waals surface area (Å²) in [6.45, 7) is 25.1. The summed E-state index contributed by atoms with van der Waals surface area (Å²) in [4.78, 5) is 11.4. The summed E-state index contributed by atoms with van der Waals surface area (Å²) in [6, 6.07) is 1.55. The van der Waals surface area contributed by atoms with Gasteiger partial charge < -0.3 is 9.26 Å². The molecule has 0 radical (unpaired) electrons. The van der Waals surface area contributed by atoms with Crippen LogP contribution in [0.5, 0.6) is 0 Å². The van der Waals surface area contributed by atoms with E-state index < -0.39 is 14.1 Å². The van der Waals surface area contributed by atoms with E-state index in [-0.39, 0.29) is 5.12 Å². The zero-order valence-corrected chi connectivity index (χ0v) is 21.8. The minimum Gasteiger partial charge on any atom is -0.378 e. The standard InChI is InChI=1S/C21H45N2O3PS/c1-12-20(24)28-14-13-25-15-21(10,11)26-27(22(16(2)3)17(4)5)23(18(6)7)19(8)9/h16-19H,12-15H2,1-11H3. The molecule has 0 bridgehead atoms. The fourth-order valence-electron chi connectivity index (χ4n) is 3.08. The third-order valence-electron chi connectivity index (χ3n) is 4.07. The zero-order chi connectivity index (χ0) is 22.1. The van der Waals surface area contributed by atoms with Gasteiger partial charge >= 0.3 is 0 Å². The lowest BCUT2D eigenvalue weighted by Crippen LogP contribution is -2.46. The van der Waals surface area contributed by atoms with Crippen molar-refractivity contribution in [3.05, 3.63) is 0 Å². The van der Waals surface area contributed by atoms with Crippen molar-refractivity contribution in [1.29, 1.82) is 0 Å². The maximum absolute atomic E-state index is 11.4. The van der Waals surface area contributed by atoms with Crippen molar-refractivity contribution in [2.24, 2.45) is 0 Å². The average Bonchev–Trinajstić information content (AvgIpc) is 2.52. The van der Waals surface area contributed by atoms with E-state index in [1.165, 1.54) is 11.8 Å². The first-order valence-corrected chi connectivity index (χ1v) is 12.8. The van der Waals surface area contributed by atoms with E-state index in [0.717, 1.165) is 0 Å². The molecular formula is C21H45N2O3PS. The zero-order valence-electron chi connectivity index (χ0n) is 20.1. The van der Waals surface area contributed by atoms with Crippen LogP contribution >= 0.6 is 20.2 Å². The highest BCUT2D eigenvalue weighted by atomic mass is 32.2. The second kappa shape index (κ2) is 13.6. The van der Waals surface area contributed by atoms with Crippen LogP contribution in [0.3, 0.4) is 0 Å². The monoisotopic (exact) mass is 436 g/mol. The molecule has 28 heavy (non-hydrogen) atoms. The van der Waals surface area contributed by atoms with Gasteiger partial charge in [0.1, 0.15) is 0 Å². The summed E-state index contributed by atoms with van der Waals surface area (Å²) in [5, 5.41) is 0.219. The summed E-state index contributed by atoms with van der Waals surface area (Å²) in [5.41, 5.74) is -0.408. The van der Waals surface area contributed by atoms with E-state index in [1.54, 1.807) is 0 Å². The van der Waals surface area contributed by atoms with Gasteiger partial charge in [0.25, 0.3) is 0 Å². The Kier molecular flexibility index (Phi) is 13.7. The van der Waals surface area contributed by atoms with Gasteiger partial charge in [-0.1, -0.05) is 18.7 Å². The molecule has 0 aliphatic rings. The van der Waals surface area contributed by atoms with Crippen LogP contribution in [0.25, 0.3) is 0 Å². The van der Waals surface area contributed by atoms with Gasteiger partial charge in [0.05, 0.1) is 18.8 Å². The molecule has 0 aliphatic heterocycles. The van der Waals surface area contributed by atoms with Crippen molar-refractivity contribution >= 4 is 25.3 Å². The molecule has 0 aromatic heterocycles. The molecule has 0 N–H and O–H groups in total. The molecule has 168 valence electrons. The Balaban J connectivity index is 5.21. The molecule has 0 rings (SSSR count). The van der Waals surface area contributed by atoms with Gasteiger partial charge in [-0.05, 0) is 69.2 Å². The molecule has 0 amide bonds. The molecule has 0 spiro atoms. The van der Waals surface area contributed by atoms with Gasteiger partial charge in [-0.15, -0.1) is 0 Å². The van der Waals surface area contributed by atoms with Gasteiger partial charge in [0.15, 0.2) is 13.6 Å². The lowest BCUT2D eigenvalue weighted by Gasteiger charge is -2.48. The second-order valence-electron chi connectivity index (χ2n) is 8.87. The fraction of sp³-hybridized carbons (Fsp3) is 0.952.